The molecule has 3 aromatic carbocycles. The zero-order valence-electron chi connectivity index (χ0n) is 13.9. The van der Waals surface area contributed by atoms with Gasteiger partial charge < -0.3 is 4.90 Å². The van der Waals surface area contributed by atoms with Crippen LogP contribution >= 0.6 is 0 Å². The van der Waals surface area contributed by atoms with Gasteiger partial charge in [0.2, 0.25) is 0 Å². The SMILES string of the molecule is c1ccc(CC(c2ccccc2)N2CCCc3ccccc32)cc1. The van der Waals surface area contributed by atoms with Gasteiger partial charge in [0.1, 0.15) is 0 Å². The van der Waals surface area contributed by atoms with Crippen LogP contribution < -0.4 is 4.90 Å². The van der Waals surface area contributed by atoms with E-state index in [1.165, 1.54) is 35.2 Å². The molecule has 4 rings (SSSR count). The van der Waals surface area contributed by atoms with Crippen LogP contribution in [0.15, 0.2) is 84.9 Å². The first-order chi connectivity index (χ1) is 11.9. The quantitative estimate of drug-likeness (QED) is 0.621. The predicted molar refractivity (Wildman–Crippen MR) is 101 cm³/mol. The smallest absolute Gasteiger partial charge is 0.0582 e. The van der Waals surface area contributed by atoms with Crippen molar-refractivity contribution in [2.24, 2.45) is 0 Å². The van der Waals surface area contributed by atoms with Gasteiger partial charge in [0, 0.05) is 12.2 Å². The monoisotopic (exact) mass is 313 g/mol. The summed E-state index contributed by atoms with van der Waals surface area (Å²) in [5, 5.41) is 0. The highest BCUT2D eigenvalue weighted by molar-refractivity contribution is 5.57. The molecule has 1 heteroatoms. The third-order valence-electron chi connectivity index (χ3n) is 4.98. The fourth-order valence-electron chi connectivity index (χ4n) is 3.81. The Balaban J connectivity index is 1.74. The predicted octanol–water partition coefficient (Wildman–Crippen LogP) is 5.42. The maximum Gasteiger partial charge on any atom is 0.0582 e. The highest BCUT2D eigenvalue weighted by Crippen LogP contribution is 2.35. The first-order valence-electron chi connectivity index (χ1n) is 8.85. The molecule has 0 saturated carbocycles. The molecule has 1 unspecified atom stereocenters. The number of anilines is 1. The summed E-state index contributed by atoms with van der Waals surface area (Å²) in [6.45, 7) is 1.13. The molecule has 1 atom stereocenters. The Bertz CT molecular complexity index is 779. The van der Waals surface area contributed by atoms with Gasteiger partial charge in [-0.05, 0) is 42.0 Å². The maximum atomic E-state index is 2.61. The Morgan fingerprint density at radius 1 is 0.750 bits per heavy atom. The van der Waals surface area contributed by atoms with Gasteiger partial charge in [0.05, 0.1) is 6.04 Å². The van der Waals surface area contributed by atoms with Gasteiger partial charge >= 0.3 is 0 Å². The summed E-state index contributed by atoms with van der Waals surface area (Å²) in [5.74, 6) is 0. The fourth-order valence-corrected chi connectivity index (χ4v) is 3.81. The van der Waals surface area contributed by atoms with E-state index in [9.17, 15) is 0 Å². The number of aryl methyl sites for hydroxylation is 1. The summed E-state index contributed by atoms with van der Waals surface area (Å²) < 4.78 is 0. The Morgan fingerprint density at radius 3 is 2.21 bits per heavy atom. The first-order valence-corrected chi connectivity index (χ1v) is 8.85. The Kier molecular flexibility index (Phi) is 4.33. The molecule has 0 bridgehead atoms. The molecule has 0 saturated heterocycles. The second-order valence-electron chi connectivity index (χ2n) is 6.54. The van der Waals surface area contributed by atoms with Crippen molar-refractivity contribution in [1.29, 1.82) is 0 Å². The van der Waals surface area contributed by atoms with E-state index < -0.39 is 0 Å². The molecule has 0 spiro atoms. The number of hydrogen-bond acceptors (Lipinski definition) is 1. The second kappa shape index (κ2) is 6.92. The standard InChI is InChI=1S/C23H23N/c1-3-10-19(11-4-1)18-23(21-12-5-2-6-13-21)24-17-9-15-20-14-7-8-16-22(20)24/h1-8,10-14,16,23H,9,15,17-18H2. The zero-order valence-corrected chi connectivity index (χ0v) is 13.9. The second-order valence-corrected chi connectivity index (χ2v) is 6.54. The molecule has 0 radical (unpaired) electrons. The van der Waals surface area contributed by atoms with Crippen molar-refractivity contribution in [3.63, 3.8) is 0 Å². The lowest BCUT2D eigenvalue weighted by Crippen LogP contribution is -2.34. The van der Waals surface area contributed by atoms with Crippen molar-refractivity contribution in [2.45, 2.75) is 25.3 Å². The van der Waals surface area contributed by atoms with E-state index in [0.717, 1.165) is 13.0 Å². The molecule has 1 heterocycles. The number of benzene rings is 3. The van der Waals surface area contributed by atoms with E-state index in [2.05, 4.69) is 89.8 Å². The first kappa shape index (κ1) is 15.0. The van der Waals surface area contributed by atoms with Crippen LogP contribution in [0.5, 0.6) is 0 Å². The van der Waals surface area contributed by atoms with Gasteiger partial charge in [0.15, 0.2) is 0 Å². The molecule has 0 fully saturated rings. The molecule has 120 valence electrons. The van der Waals surface area contributed by atoms with E-state index in [-0.39, 0.29) is 0 Å². The summed E-state index contributed by atoms with van der Waals surface area (Å²) in [7, 11) is 0. The third-order valence-corrected chi connectivity index (χ3v) is 4.98. The summed E-state index contributed by atoms with van der Waals surface area (Å²) in [4.78, 5) is 2.61. The molecule has 0 N–H and O–H groups in total. The van der Waals surface area contributed by atoms with Gasteiger partial charge in [-0.3, -0.25) is 0 Å². The minimum atomic E-state index is 0.384. The third kappa shape index (κ3) is 3.07. The number of rotatable bonds is 4. The lowest BCUT2D eigenvalue weighted by atomic mass is 9.93. The van der Waals surface area contributed by atoms with Crippen molar-refractivity contribution in [3.8, 4) is 0 Å². The van der Waals surface area contributed by atoms with Crippen molar-refractivity contribution >= 4 is 5.69 Å². The van der Waals surface area contributed by atoms with Gasteiger partial charge in [-0.25, -0.2) is 0 Å². The Labute approximate surface area is 144 Å². The normalized spacial score (nSPS) is 14.9. The molecule has 1 nitrogen and oxygen atoms in total. The molecule has 0 aromatic heterocycles. The minimum absolute atomic E-state index is 0.384. The largest absolute Gasteiger partial charge is 0.364 e. The van der Waals surface area contributed by atoms with Crippen LogP contribution in [0.4, 0.5) is 5.69 Å². The van der Waals surface area contributed by atoms with Crippen LogP contribution in [0.25, 0.3) is 0 Å². The number of fused-ring (bicyclic) bond motifs is 1. The van der Waals surface area contributed by atoms with Crippen LogP contribution in [-0.4, -0.2) is 6.54 Å². The maximum absolute atomic E-state index is 2.61. The number of nitrogens with zero attached hydrogens (tertiary/aromatic N) is 1. The summed E-state index contributed by atoms with van der Waals surface area (Å²) >= 11 is 0. The lowest BCUT2D eigenvalue weighted by molar-refractivity contribution is 0.578. The highest BCUT2D eigenvalue weighted by atomic mass is 15.2. The van der Waals surface area contributed by atoms with Crippen LogP contribution in [0.1, 0.15) is 29.2 Å². The van der Waals surface area contributed by atoms with Gasteiger partial charge in [-0.15, -0.1) is 0 Å². The van der Waals surface area contributed by atoms with E-state index in [1.807, 2.05) is 0 Å². The van der Waals surface area contributed by atoms with E-state index in [0.29, 0.717) is 6.04 Å². The summed E-state index contributed by atoms with van der Waals surface area (Å²) in [6, 6.07) is 31.1. The molecule has 1 aliphatic heterocycles. The molecule has 3 aromatic rings. The van der Waals surface area contributed by atoms with Crippen LogP contribution in [0.2, 0.25) is 0 Å². The zero-order chi connectivity index (χ0) is 16.2. The number of para-hydroxylation sites is 1. The molecule has 0 aliphatic carbocycles. The van der Waals surface area contributed by atoms with E-state index in [4.69, 9.17) is 0 Å². The summed E-state index contributed by atoms with van der Waals surface area (Å²) in [6.07, 6.45) is 3.47. The molecular formula is C23H23N. The van der Waals surface area contributed by atoms with Crippen LogP contribution in [0, 0.1) is 0 Å². The average molecular weight is 313 g/mol. The van der Waals surface area contributed by atoms with Gasteiger partial charge in [0.25, 0.3) is 0 Å². The Morgan fingerprint density at radius 2 is 1.42 bits per heavy atom. The average Bonchev–Trinajstić information content (AvgIpc) is 2.67. The van der Waals surface area contributed by atoms with E-state index in [1.54, 1.807) is 0 Å². The molecule has 24 heavy (non-hydrogen) atoms. The summed E-state index contributed by atoms with van der Waals surface area (Å²) in [5.41, 5.74) is 5.69. The fraction of sp³-hybridized carbons (Fsp3) is 0.217. The minimum Gasteiger partial charge on any atom is -0.364 e. The number of hydrogen-bond donors (Lipinski definition) is 0. The van der Waals surface area contributed by atoms with Crippen molar-refractivity contribution in [3.05, 3.63) is 102 Å². The Hall–Kier alpha value is -2.54. The van der Waals surface area contributed by atoms with Crippen molar-refractivity contribution < 1.29 is 0 Å². The highest BCUT2D eigenvalue weighted by Gasteiger charge is 2.25. The van der Waals surface area contributed by atoms with E-state index >= 15 is 0 Å². The molecule has 0 amide bonds. The topological polar surface area (TPSA) is 3.24 Å². The van der Waals surface area contributed by atoms with Gasteiger partial charge in [-0.2, -0.15) is 0 Å². The van der Waals surface area contributed by atoms with Gasteiger partial charge in [-0.1, -0.05) is 78.9 Å². The van der Waals surface area contributed by atoms with Crippen LogP contribution in [-0.2, 0) is 12.8 Å². The lowest BCUT2D eigenvalue weighted by Gasteiger charge is -2.38. The molecule has 1 aliphatic rings. The molecular weight excluding hydrogens is 290 g/mol. The van der Waals surface area contributed by atoms with Crippen molar-refractivity contribution in [1.82, 2.24) is 0 Å². The van der Waals surface area contributed by atoms with Crippen LogP contribution in [0.3, 0.4) is 0 Å². The van der Waals surface area contributed by atoms with Crippen molar-refractivity contribution in [2.75, 3.05) is 11.4 Å².